The largest absolute Gasteiger partial charge is 0.393 e. The molecule has 2 rings (SSSR count). The highest BCUT2D eigenvalue weighted by molar-refractivity contribution is 5.83. The molecule has 2 fully saturated rings. The summed E-state index contributed by atoms with van der Waals surface area (Å²) >= 11 is 0. The molecule has 3 N–H and O–H groups in total. The second kappa shape index (κ2) is 4.72. The molecule has 4 heteroatoms. The Morgan fingerprint density at radius 3 is 2.56 bits per heavy atom. The maximum atomic E-state index is 12.2. The van der Waals surface area contributed by atoms with Crippen LogP contribution in [0.1, 0.15) is 39.0 Å². The van der Waals surface area contributed by atoms with Crippen molar-refractivity contribution in [2.75, 3.05) is 13.1 Å². The summed E-state index contributed by atoms with van der Waals surface area (Å²) in [5.74, 6) is 0.202. The summed E-state index contributed by atoms with van der Waals surface area (Å²) in [5, 5.41) is 15.6. The highest BCUT2D eigenvalue weighted by Crippen LogP contribution is 2.33. The molecule has 0 aromatic carbocycles. The zero-order valence-electron chi connectivity index (χ0n) is 9.96. The summed E-state index contributed by atoms with van der Waals surface area (Å²) < 4.78 is 0. The van der Waals surface area contributed by atoms with Crippen LogP contribution < -0.4 is 10.6 Å². The van der Waals surface area contributed by atoms with Crippen LogP contribution in [0.5, 0.6) is 0 Å². The molecule has 92 valence electrons. The molecular weight excluding hydrogens is 204 g/mol. The van der Waals surface area contributed by atoms with Crippen LogP contribution in [0.3, 0.4) is 0 Å². The lowest BCUT2D eigenvalue weighted by molar-refractivity contribution is -0.135. The van der Waals surface area contributed by atoms with Gasteiger partial charge in [0.25, 0.3) is 0 Å². The molecule has 0 spiro atoms. The van der Waals surface area contributed by atoms with Crippen molar-refractivity contribution in [2.24, 2.45) is 5.41 Å². The summed E-state index contributed by atoms with van der Waals surface area (Å²) in [4.78, 5) is 12.2. The highest BCUT2D eigenvalue weighted by atomic mass is 16.3. The van der Waals surface area contributed by atoms with Gasteiger partial charge in [0, 0.05) is 6.04 Å². The predicted molar refractivity (Wildman–Crippen MR) is 62.0 cm³/mol. The van der Waals surface area contributed by atoms with Crippen LogP contribution in [-0.2, 0) is 4.79 Å². The van der Waals surface area contributed by atoms with E-state index in [2.05, 4.69) is 17.6 Å². The van der Waals surface area contributed by atoms with Crippen molar-refractivity contribution >= 4 is 5.91 Å². The van der Waals surface area contributed by atoms with Crippen LogP contribution in [0.4, 0.5) is 0 Å². The van der Waals surface area contributed by atoms with Crippen molar-refractivity contribution in [3.05, 3.63) is 0 Å². The Labute approximate surface area is 96.8 Å². The molecule has 1 amide bonds. The van der Waals surface area contributed by atoms with Crippen molar-refractivity contribution in [3.8, 4) is 0 Å². The van der Waals surface area contributed by atoms with Gasteiger partial charge in [-0.15, -0.1) is 0 Å². The number of carbonyl (C=O) groups excluding carboxylic acids is 1. The van der Waals surface area contributed by atoms with Gasteiger partial charge in [-0.1, -0.05) is 6.92 Å². The molecule has 1 aliphatic heterocycles. The first-order chi connectivity index (χ1) is 7.66. The molecule has 0 aromatic rings. The maximum absolute atomic E-state index is 12.2. The number of piperidine rings is 1. The summed E-state index contributed by atoms with van der Waals surface area (Å²) in [5.41, 5.74) is -0.161. The zero-order chi connectivity index (χ0) is 11.6. The molecule has 16 heavy (non-hydrogen) atoms. The number of amides is 1. The number of rotatable bonds is 3. The molecular formula is C12H22N2O2. The Kier molecular flexibility index (Phi) is 3.50. The van der Waals surface area contributed by atoms with Gasteiger partial charge in [-0.3, -0.25) is 4.79 Å². The van der Waals surface area contributed by atoms with Crippen molar-refractivity contribution < 1.29 is 9.90 Å². The lowest BCUT2D eigenvalue weighted by Gasteiger charge is -2.39. The third-order valence-corrected chi connectivity index (χ3v) is 4.17. The summed E-state index contributed by atoms with van der Waals surface area (Å²) in [6.07, 6.45) is 4.04. The van der Waals surface area contributed by atoms with E-state index >= 15 is 0 Å². The van der Waals surface area contributed by atoms with Gasteiger partial charge in [0.2, 0.25) is 5.91 Å². The van der Waals surface area contributed by atoms with Crippen LogP contribution >= 0.6 is 0 Å². The molecule has 1 saturated carbocycles. The van der Waals surface area contributed by atoms with E-state index < -0.39 is 0 Å². The summed E-state index contributed by atoms with van der Waals surface area (Å²) in [7, 11) is 0. The Morgan fingerprint density at radius 2 is 2.06 bits per heavy atom. The Bertz CT molecular complexity index is 256. The number of hydrogen-bond acceptors (Lipinski definition) is 3. The summed E-state index contributed by atoms with van der Waals surface area (Å²) in [6.45, 7) is 3.98. The Hall–Kier alpha value is -0.610. The van der Waals surface area contributed by atoms with E-state index in [9.17, 15) is 9.90 Å². The fourth-order valence-corrected chi connectivity index (χ4v) is 2.69. The van der Waals surface area contributed by atoms with Crippen LogP contribution in [0.2, 0.25) is 0 Å². The van der Waals surface area contributed by atoms with Gasteiger partial charge in [0.15, 0.2) is 0 Å². The minimum absolute atomic E-state index is 0.161. The van der Waals surface area contributed by atoms with Gasteiger partial charge in [0.05, 0.1) is 11.5 Å². The quantitative estimate of drug-likeness (QED) is 0.653. The smallest absolute Gasteiger partial charge is 0.226 e. The summed E-state index contributed by atoms with van der Waals surface area (Å²) in [6, 6.07) is 0.209. The predicted octanol–water partition coefficient (Wildman–Crippen LogP) is 0.406. The topological polar surface area (TPSA) is 61.4 Å². The molecule has 1 heterocycles. The number of hydrogen-bond donors (Lipinski definition) is 3. The number of carbonyl (C=O) groups is 1. The van der Waals surface area contributed by atoms with Gasteiger partial charge in [-0.25, -0.2) is 0 Å². The number of aliphatic hydroxyl groups excluding tert-OH is 1. The molecule has 1 aliphatic carbocycles. The molecule has 1 saturated heterocycles. The minimum Gasteiger partial charge on any atom is -0.393 e. The number of nitrogens with one attached hydrogen (secondary N) is 2. The molecule has 0 radical (unpaired) electrons. The van der Waals surface area contributed by atoms with Gasteiger partial charge in [-0.05, 0) is 45.2 Å². The average Bonchev–Trinajstić information content (AvgIpc) is 2.28. The molecule has 0 bridgehead atoms. The van der Waals surface area contributed by atoms with Crippen LogP contribution in [-0.4, -0.2) is 36.2 Å². The van der Waals surface area contributed by atoms with Gasteiger partial charge in [0.1, 0.15) is 0 Å². The van der Waals surface area contributed by atoms with Crippen LogP contribution in [0, 0.1) is 5.41 Å². The molecule has 4 nitrogen and oxygen atoms in total. The van der Waals surface area contributed by atoms with E-state index in [1.54, 1.807) is 0 Å². The monoisotopic (exact) mass is 226 g/mol. The fraction of sp³-hybridized carbons (Fsp3) is 0.917. The van der Waals surface area contributed by atoms with Crippen molar-refractivity contribution in [1.29, 1.82) is 0 Å². The molecule has 2 aliphatic rings. The van der Waals surface area contributed by atoms with E-state index in [1.165, 1.54) is 0 Å². The SMILES string of the molecule is CCC1(C(=O)NC2CC(O)C2)CCNCC1. The fourth-order valence-electron chi connectivity index (χ4n) is 2.69. The van der Waals surface area contributed by atoms with E-state index in [1.807, 2.05) is 0 Å². The highest BCUT2D eigenvalue weighted by Gasteiger charge is 2.40. The van der Waals surface area contributed by atoms with Crippen molar-refractivity contribution in [1.82, 2.24) is 10.6 Å². The van der Waals surface area contributed by atoms with Gasteiger partial charge >= 0.3 is 0 Å². The Balaban J connectivity index is 1.90. The van der Waals surface area contributed by atoms with E-state index in [0.29, 0.717) is 0 Å². The molecule has 0 unspecified atom stereocenters. The lowest BCUT2D eigenvalue weighted by atomic mass is 9.75. The first kappa shape index (κ1) is 11.9. The van der Waals surface area contributed by atoms with Crippen molar-refractivity contribution in [2.45, 2.75) is 51.2 Å². The van der Waals surface area contributed by atoms with E-state index in [0.717, 1.165) is 45.2 Å². The lowest BCUT2D eigenvalue weighted by Crippen LogP contribution is -2.54. The van der Waals surface area contributed by atoms with E-state index in [4.69, 9.17) is 0 Å². The first-order valence-corrected chi connectivity index (χ1v) is 6.36. The second-order valence-electron chi connectivity index (χ2n) is 5.18. The molecule has 0 aromatic heterocycles. The first-order valence-electron chi connectivity index (χ1n) is 6.36. The van der Waals surface area contributed by atoms with Crippen molar-refractivity contribution in [3.63, 3.8) is 0 Å². The molecule has 0 atom stereocenters. The second-order valence-corrected chi connectivity index (χ2v) is 5.18. The Morgan fingerprint density at radius 1 is 1.44 bits per heavy atom. The minimum atomic E-state index is -0.198. The van der Waals surface area contributed by atoms with Gasteiger partial charge < -0.3 is 15.7 Å². The zero-order valence-corrected chi connectivity index (χ0v) is 9.96. The normalized spacial score (nSPS) is 32.9. The maximum Gasteiger partial charge on any atom is 0.226 e. The average molecular weight is 226 g/mol. The van der Waals surface area contributed by atoms with E-state index in [-0.39, 0.29) is 23.5 Å². The third kappa shape index (κ3) is 2.23. The standard InChI is InChI=1S/C12H22N2O2/c1-2-12(3-5-13-6-4-12)11(16)14-9-7-10(15)8-9/h9-10,13,15H,2-8H2,1H3,(H,14,16). The van der Waals surface area contributed by atoms with Gasteiger partial charge in [-0.2, -0.15) is 0 Å². The van der Waals surface area contributed by atoms with Crippen LogP contribution in [0.15, 0.2) is 0 Å². The third-order valence-electron chi connectivity index (χ3n) is 4.17. The van der Waals surface area contributed by atoms with Crippen LogP contribution in [0.25, 0.3) is 0 Å². The number of aliphatic hydroxyl groups is 1.